The van der Waals surface area contributed by atoms with Crippen LogP contribution in [0.25, 0.3) is 0 Å². The van der Waals surface area contributed by atoms with Crippen LogP contribution in [0, 0.1) is 11.8 Å². The van der Waals surface area contributed by atoms with E-state index in [0.717, 1.165) is 56.9 Å². The highest BCUT2D eigenvalue weighted by atomic mass is 16.5. The zero-order chi connectivity index (χ0) is 18.4. The van der Waals surface area contributed by atoms with Crippen molar-refractivity contribution in [1.82, 2.24) is 10.2 Å². The van der Waals surface area contributed by atoms with Crippen LogP contribution in [0.15, 0.2) is 24.3 Å². The number of amides is 1. The topological polar surface area (TPSA) is 50.8 Å². The lowest BCUT2D eigenvalue weighted by molar-refractivity contribution is -0.126. The lowest BCUT2D eigenvalue weighted by Gasteiger charge is -2.39. The van der Waals surface area contributed by atoms with Gasteiger partial charge in [-0.3, -0.25) is 9.69 Å². The Balaban J connectivity index is 1.58. The zero-order valence-electron chi connectivity index (χ0n) is 16.1. The van der Waals surface area contributed by atoms with Gasteiger partial charge in [-0.25, -0.2) is 0 Å². The summed E-state index contributed by atoms with van der Waals surface area (Å²) in [4.78, 5) is 15.3. The number of carbonyl (C=O) groups excluding carboxylic acids is 1. The Bertz CT molecular complexity index is 582. The van der Waals surface area contributed by atoms with Crippen LogP contribution in [0.5, 0.6) is 5.75 Å². The molecule has 144 valence electrons. The number of benzene rings is 1. The van der Waals surface area contributed by atoms with Gasteiger partial charge in [0, 0.05) is 25.7 Å². The average molecular weight is 360 g/mol. The first-order chi connectivity index (χ1) is 12.7. The highest BCUT2D eigenvalue weighted by Gasteiger charge is 2.30. The molecule has 1 N–H and O–H groups in total. The summed E-state index contributed by atoms with van der Waals surface area (Å²) in [7, 11) is 0. The molecular weight excluding hydrogens is 328 g/mol. The first-order valence-electron chi connectivity index (χ1n) is 10.0. The van der Waals surface area contributed by atoms with Crippen molar-refractivity contribution >= 4 is 5.91 Å². The molecule has 0 aromatic heterocycles. The van der Waals surface area contributed by atoms with Crippen molar-refractivity contribution < 1.29 is 14.3 Å². The van der Waals surface area contributed by atoms with Crippen molar-refractivity contribution in [1.29, 1.82) is 0 Å². The van der Waals surface area contributed by atoms with Gasteiger partial charge in [0.25, 0.3) is 0 Å². The summed E-state index contributed by atoms with van der Waals surface area (Å²) >= 11 is 0. The molecule has 2 atom stereocenters. The van der Waals surface area contributed by atoms with Crippen molar-refractivity contribution in [3.8, 4) is 5.75 Å². The first-order valence-corrected chi connectivity index (χ1v) is 10.0. The maximum atomic E-state index is 12.8. The largest absolute Gasteiger partial charge is 0.492 e. The molecule has 5 nitrogen and oxygen atoms in total. The number of fused-ring (bicyclic) bond motifs is 1. The van der Waals surface area contributed by atoms with E-state index >= 15 is 0 Å². The number of nitrogens with zero attached hydrogens (tertiary/aromatic N) is 1. The fraction of sp³-hybridized carbons (Fsp3) is 0.667. The normalized spacial score (nSPS) is 21.7. The van der Waals surface area contributed by atoms with Crippen molar-refractivity contribution in [3.05, 3.63) is 29.8 Å². The Morgan fingerprint density at radius 3 is 2.69 bits per heavy atom. The summed E-state index contributed by atoms with van der Waals surface area (Å²) in [6.07, 6.45) is 3.03. The fourth-order valence-corrected chi connectivity index (χ4v) is 4.18. The highest BCUT2D eigenvalue weighted by Crippen LogP contribution is 2.27. The third-order valence-electron chi connectivity index (χ3n) is 5.84. The van der Waals surface area contributed by atoms with E-state index in [4.69, 9.17) is 9.47 Å². The second kappa shape index (κ2) is 9.38. The first kappa shape index (κ1) is 19.2. The predicted octanol–water partition coefficient (Wildman–Crippen LogP) is 2.49. The van der Waals surface area contributed by atoms with E-state index in [9.17, 15) is 4.79 Å². The maximum Gasteiger partial charge on any atom is 0.226 e. The van der Waals surface area contributed by atoms with E-state index in [0.29, 0.717) is 25.1 Å². The molecule has 0 aliphatic carbocycles. The second-order valence-corrected chi connectivity index (χ2v) is 7.36. The van der Waals surface area contributed by atoms with Gasteiger partial charge in [0.2, 0.25) is 5.91 Å². The Morgan fingerprint density at radius 1 is 1.23 bits per heavy atom. The van der Waals surface area contributed by atoms with E-state index in [1.807, 2.05) is 18.2 Å². The molecule has 1 fully saturated rings. The molecule has 2 heterocycles. The van der Waals surface area contributed by atoms with E-state index in [-0.39, 0.29) is 11.8 Å². The van der Waals surface area contributed by atoms with Gasteiger partial charge in [-0.1, -0.05) is 44.9 Å². The molecule has 0 radical (unpaired) electrons. The smallest absolute Gasteiger partial charge is 0.226 e. The number of ether oxygens (including phenoxy) is 2. The van der Waals surface area contributed by atoms with Crippen molar-refractivity contribution in [2.24, 2.45) is 11.8 Å². The van der Waals surface area contributed by atoms with Crippen molar-refractivity contribution in [2.75, 3.05) is 39.5 Å². The van der Waals surface area contributed by atoms with Gasteiger partial charge in [-0.15, -0.1) is 0 Å². The summed E-state index contributed by atoms with van der Waals surface area (Å²) < 4.78 is 11.3. The zero-order valence-corrected chi connectivity index (χ0v) is 16.1. The van der Waals surface area contributed by atoms with Crippen LogP contribution in [-0.4, -0.2) is 56.3 Å². The molecule has 1 aromatic carbocycles. The van der Waals surface area contributed by atoms with Crippen LogP contribution in [0.2, 0.25) is 0 Å². The van der Waals surface area contributed by atoms with E-state index in [1.54, 1.807) is 0 Å². The summed E-state index contributed by atoms with van der Waals surface area (Å²) in [5, 5.41) is 3.23. The van der Waals surface area contributed by atoms with Gasteiger partial charge in [-0.2, -0.15) is 0 Å². The number of rotatable bonds is 7. The third-order valence-corrected chi connectivity index (χ3v) is 5.84. The highest BCUT2D eigenvalue weighted by molar-refractivity contribution is 5.79. The van der Waals surface area contributed by atoms with Crippen LogP contribution in [0.1, 0.15) is 32.3 Å². The number of morpholine rings is 1. The van der Waals surface area contributed by atoms with E-state index < -0.39 is 0 Å². The number of hydrogen-bond acceptors (Lipinski definition) is 4. The summed E-state index contributed by atoms with van der Waals surface area (Å²) in [5.41, 5.74) is 1.13. The van der Waals surface area contributed by atoms with Crippen LogP contribution in [-0.2, 0) is 16.0 Å². The molecule has 0 bridgehead atoms. The number of nitrogens with one attached hydrogen (secondary N) is 1. The van der Waals surface area contributed by atoms with Gasteiger partial charge in [0.05, 0.1) is 19.1 Å². The Morgan fingerprint density at radius 2 is 1.96 bits per heavy atom. The maximum absolute atomic E-state index is 12.8. The standard InChI is InChI=1S/C21H32N2O3/c1-3-16(4-2)19(23-9-11-25-12-10-23)14-22-21(24)18-13-17-7-5-6-8-20(17)26-15-18/h5-8,16,18-19H,3-4,9-15H2,1-2H3,(H,22,24)/t18-,19-/m1/s1. The van der Waals surface area contributed by atoms with E-state index in [1.165, 1.54) is 0 Å². The number of hydrogen-bond donors (Lipinski definition) is 1. The number of carbonyl (C=O) groups is 1. The van der Waals surface area contributed by atoms with Crippen molar-refractivity contribution in [3.63, 3.8) is 0 Å². The molecule has 0 unspecified atom stereocenters. The molecule has 5 heteroatoms. The van der Waals surface area contributed by atoms with Crippen LogP contribution in [0.3, 0.4) is 0 Å². The molecule has 1 aromatic rings. The SMILES string of the molecule is CCC(CC)[C@@H](CNC(=O)[C@H]1COc2ccccc2C1)N1CCOCC1. The van der Waals surface area contributed by atoms with Gasteiger partial charge in [-0.05, 0) is 24.0 Å². The second-order valence-electron chi connectivity index (χ2n) is 7.36. The van der Waals surface area contributed by atoms with Gasteiger partial charge >= 0.3 is 0 Å². The average Bonchev–Trinajstić information content (AvgIpc) is 2.71. The van der Waals surface area contributed by atoms with E-state index in [2.05, 4.69) is 30.1 Å². The molecule has 1 amide bonds. The number of para-hydroxylation sites is 1. The Labute approximate surface area is 157 Å². The van der Waals surface area contributed by atoms with Crippen LogP contribution in [0.4, 0.5) is 0 Å². The Hall–Kier alpha value is -1.59. The van der Waals surface area contributed by atoms with Crippen LogP contribution >= 0.6 is 0 Å². The van der Waals surface area contributed by atoms with Crippen molar-refractivity contribution in [2.45, 2.75) is 39.2 Å². The minimum Gasteiger partial charge on any atom is -0.492 e. The molecule has 0 saturated carbocycles. The summed E-state index contributed by atoms with van der Waals surface area (Å²) in [6, 6.07) is 8.39. The molecular formula is C21H32N2O3. The lowest BCUT2D eigenvalue weighted by atomic mass is 9.91. The quantitative estimate of drug-likeness (QED) is 0.812. The molecule has 0 spiro atoms. The monoisotopic (exact) mass is 360 g/mol. The van der Waals surface area contributed by atoms with Gasteiger partial charge in [0.15, 0.2) is 0 Å². The van der Waals surface area contributed by atoms with Gasteiger partial charge < -0.3 is 14.8 Å². The minimum atomic E-state index is -0.100. The predicted molar refractivity (Wildman–Crippen MR) is 102 cm³/mol. The lowest BCUT2D eigenvalue weighted by Crippen LogP contribution is -2.53. The molecule has 26 heavy (non-hydrogen) atoms. The summed E-state index contributed by atoms with van der Waals surface area (Å²) in [5.74, 6) is 1.53. The summed E-state index contributed by atoms with van der Waals surface area (Å²) in [6.45, 7) is 9.16. The third kappa shape index (κ3) is 4.57. The van der Waals surface area contributed by atoms with Crippen LogP contribution < -0.4 is 10.1 Å². The molecule has 2 aliphatic heterocycles. The molecule has 2 aliphatic rings. The Kier molecular flexibility index (Phi) is 6.92. The minimum absolute atomic E-state index is 0.100. The fourth-order valence-electron chi connectivity index (χ4n) is 4.18. The van der Waals surface area contributed by atoms with Gasteiger partial charge in [0.1, 0.15) is 12.4 Å². The molecule has 1 saturated heterocycles. The molecule has 3 rings (SSSR count).